The summed E-state index contributed by atoms with van der Waals surface area (Å²) < 4.78 is 46.4. The van der Waals surface area contributed by atoms with Crippen LogP contribution in [0.4, 0.5) is 19.0 Å². The second kappa shape index (κ2) is 8.64. The van der Waals surface area contributed by atoms with Gasteiger partial charge in [0.05, 0.1) is 6.54 Å². The molecule has 3 rings (SSSR count). The lowest BCUT2D eigenvalue weighted by atomic mass is 10.2. The Morgan fingerprint density at radius 1 is 1.07 bits per heavy atom. The minimum atomic E-state index is -1.28. The highest BCUT2D eigenvalue weighted by atomic mass is 19.2. The normalized spacial score (nSPS) is 15.3. The van der Waals surface area contributed by atoms with Crippen molar-refractivity contribution in [2.45, 2.75) is 26.4 Å². The topological polar surface area (TPSA) is 50.6 Å². The molecule has 1 aromatic carbocycles. The molecule has 152 valence electrons. The van der Waals surface area contributed by atoms with Gasteiger partial charge in [0.1, 0.15) is 6.61 Å². The molecule has 1 aliphatic heterocycles. The summed E-state index contributed by atoms with van der Waals surface area (Å²) in [6.45, 7) is 7.45. The summed E-state index contributed by atoms with van der Waals surface area (Å²) in [5.41, 5.74) is -0.269. The number of anilines is 1. The van der Waals surface area contributed by atoms with Gasteiger partial charge in [-0.1, -0.05) is 0 Å². The quantitative estimate of drug-likeness (QED) is 0.702. The molecule has 28 heavy (non-hydrogen) atoms. The number of ether oxygens (including phenoxy) is 1. The van der Waals surface area contributed by atoms with E-state index in [4.69, 9.17) is 4.74 Å². The van der Waals surface area contributed by atoms with E-state index in [0.29, 0.717) is 37.1 Å². The van der Waals surface area contributed by atoms with Gasteiger partial charge in [0.25, 0.3) is 5.56 Å². The van der Waals surface area contributed by atoms with Gasteiger partial charge in [-0.15, -0.1) is 0 Å². The third-order valence-corrected chi connectivity index (χ3v) is 4.80. The van der Waals surface area contributed by atoms with E-state index in [1.54, 1.807) is 0 Å². The average molecular weight is 396 g/mol. The van der Waals surface area contributed by atoms with Crippen LogP contribution in [0.5, 0.6) is 5.75 Å². The first-order chi connectivity index (χ1) is 13.4. The third kappa shape index (κ3) is 4.46. The molecule has 1 fully saturated rings. The Hall–Kier alpha value is -2.55. The van der Waals surface area contributed by atoms with Crippen molar-refractivity contribution < 1.29 is 17.9 Å². The molecule has 0 atom stereocenters. The van der Waals surface area contributed by atoms with Crippen molar-refractivity contribution >= 4 is 5.82 Å². The van der Waals surface area contributed by atoms with Crippen LogP contribution in [0.25, 0.3) is 0 Å². The Morgan fingerprint density at radius 2 is 1.75 bits per heavy atom. The van der Waals surface area contributed by atoms with Crippen molar-refractivity contribution in [2.75, 3.05) is 37.7 Å². The Kier molecular flexibility index (Phi) is 6.23. The zero-order chi connectivity index (χ0) is 20.3. The zero-order valence-electron chi connectivity index (χ0n) is 15.9. The first-order valence-corrected chi connectivity index (χ1v) is 9.18. The summed E-state index contributed by atoms with van der Waals surface area (Å²) in [6, 6.07) is 1.54. The lowest BCUT2D eigenvalue weighted by molar-refractivity contribution is 0.208. The van der Waals surface area contributed by atoms with Crippen LogP contribution in [0.3, 0.4) is 0 Å². The Morgan fingerprint density at radius 3 is 2.43 bits per heavy atom. The van der Waals surface area contributed by atoms with E-state index in [1.807, 2.05) is 4.90 Å². The van der Waals surface area contributed by atoms with Gasteiger partial charge in [0, 0.05) is 56.7 Å². The number of rotatable bonds is 6. The highest BCUT2D eigenvalue weighted by molar-refractivity contribution is 5.36. The molecule has 0 unspecified atom stereocenters. The maximum atomic E-state index is 13.6. The SMILES string of the molecule is CC(C)N1CCN(c2nccn(CCOc3cc(F)c(F)cc3F)c2=O)CC1. The molecule has 2 aromatic rings. The van der Waals surface area contributed by atoms with Gasteiger partial charge in [0.15, 0.2) is 29.0 Å². The van der Waals surface area contributed by atoms with Gasteiger partial charge in [0.2, 0.25) is 0 Å². The van der Waals surface area contributed by atoms with Crippen LogP contribution in [0.1, 0.15) is 13.8 Å². The monoisotopic (exact) mass is 396 g/mol. The van der Waals surface area contributed by atoms with E-state index in [0.717, 1.165) is 13.1 Å². The van der Waals surface area contributed by atoms with Gasteiger partial charge in [-0.05, 0) is 13.8 Å². The van der Waals surface area contributed by atoms with E-state index < -0.39 is 23.2 Å². The van der Waals surface area contributed by atoms with Gasteiger partial charge in [-0.3, -0.25) is 9.69 Å². The van der Waals surface area contributed by atoms with E-state index in [2.05, 4.69) is 23.7 Å². The average Bonchev–Trinajstić information content (AvgIpc) is 2.67. The number of halogens is 3. The Labute approximate surface area is 161 Å². The van der Waals surface area contributed by atoms with Gasteiger partial charge in [-0.25, -0.2) is 18.2 Å². The highest BCUT2D eigenvalue weighted by Crippen LogP contribution is 2.20. The van der Waals surface area contributed by atoms with Crippen LogP contribution in [0.15, 0.2) is 29.3 Å². The smallest absolute Gasteiger partial charge is 0.293 e. The molecule has 0 radical (unpaired) electrons. The molecule has 0 saturated carbocycles. The van der Waals surface area contributed by atoms with Crippen molar-refractivity contribution in [1.82, 2.24) is 14.5 Å². The molecule has 1 aliphatic rings. The van der Waals surface area contributed by atoms with Crippen molar-refractivity contribution in [3.63, 3.8) is 0 Å². The van der Waals surface area contributed by atoms with E-state index >= 15 is 0 Å². The van der Waals surface area contributed by atoms with E-state index in [-0.39, 0.29) is 18.7 Å². The zero-order valence-corrected chi connectivity index (χ0v) is 15.9. The number of benzene rings is 1. The molecule has 0 spiro atoms. The van der Waals surface area contributed by atoms with Crippen molar-refractivity contribution in [1.29, 1.82) is 0 Å². The van der Waals surface area contributed by atoms with Gasteiger partial charge in [-0.2, -0.15) is 0 Å². The minimum absolute atomic E-state index is 0.0769. The maximum absolute atomic E-state index is 13.6. The van der Waals surface area contributed by atoms with Gasteiger partial charge >= 0.3 is 0 Å². The fourth-order valence-electron chi connectivity index (χ4n) is 3.15. The second-order valence-corrected chi connectivity index (χ2v) is 6.91. The first kappa shape index (κ1) is 20.2. The van der Waals surface area contributed by atoms with Gasteiger partial charge < -0.3 is 14.2 Å². The summed E-state index contributed by atoms with van der Waals surface area (Å²) in [7, 11) is 0. The highest BCUT2D eigenvalue weighted by Gasteiger charge is 2.22. The lowest BCUT2D eigenvalue weighted by Crippen LogP contribution is -2.50. The van der Waals surface area contributed by atoms with Crippen LogP contribution >= 0.6 is 0 Å². The second-order valence-electron chi connectivity index (χ2n) is 6.91. The molecular weight excluding hydrogens is 373 g/mol. The molecule has 0 N–H and O–H groups in total. The summed E-state index contributed by atoms with van der Waals surface area (Å²) in [5, 5.41) is 0. The summed E-state index contributed by atoms with van der Waals surface area (Å²) in [6.07, 6.45) is 3.05. The van der Waals surface area contributed by atoms with Crippen LogP contribution in [0, 0.1) is 17.5 Å². The molecule has 9 heteroatoms. The van der Waals surface area contributed by atoms with Crippen LogP contribution in [-0.2, 0) is 6.54 Å². The molecule has 0 aliphatic carbocycles. The minimum Gasteiger partial charge on any atom is -0.489 e. The van der Waals surface area contributed by atoms with Crippen molar-refractivity contribution in [3.8, 4) is 5.75 Å². The number of hydrogen-bond donors (Lipinski definition) is 0. The van der Waals surface area contributed by atoms with Crippen LogP contribution in [-0.4, -0.2) is 53.3 Å². The van der Waals surface area contributed by atoms with E-state index in [9.17, 15) is 18.0 Å². The third-order valence-electron chi connectivity index (χ3n) is 4.80. The largest absolute Gasteiger partial charge is 0.489 e. The molecule has 1 saturated heterocycles. The van der Waals surface area contributed by atoms with Crippen LogP contribution in [0.2, 0.25) is 0 Å². The summed E-state index contributed by atoms with van der Waals surface area (Å²) >= 11 is 0. The van der Waals surface area contributed by atoms with E-state index in [1.165, 1.54) is 17.0 Å². The fraction of sp³-hybridized carbons (Fsp3) is 0.474. The molecule has 0 amide bonds. The maximum Gasteiger partial charge on any atom is 0.293 e. The van der Waals surface area contributed by atoms with Crippen molar-refractivity contribution in [3.05, 3.63) is 52.3 Å². The number of aromatic nitrogens is 2. The predicted octanol–water partition coefficient (Wildman–Crippen LogP) is 2.27. The standard InChI is InChI=1S/C19H23F3N4O2/c1-13(2)24-5-7-25(8-6-24)18-19(27)26(4-3-23-18)9-10-28-17-12-15(21)14(20)11-16(17)22/h3-4,11-13H,5-10H2,1-2H3. The molecular formula is C19H23F3N4O2. The fourth-order valence-corrected chi connectivity index (χ4v) is 3.15. The lowest BCUT2D eigenvalue weighted by Gasteiger charge is -2.37. The molecule has 0 bridgehead atoms. The summed E-state index contributed by atoms with van der Waals surface area (Å²) in [5.74, 6) is -3.50. The molecule has 2 heterocycles. The predicted molar refractivity (Wildman–Crippen MR) is 99.2 cm³/mol. The molecule has 6 nitrogen and oxygen atoms in total. The number of piperazine rings is 1. The number of nitrogens with zero attached hydrogens (tertiary/aromatic N) is 4. The molecule has 1 aromatic heterocycles. The first-order valence-electron chi connectivity index (χ1n) is 9.18. The van der Waals surface area contributed by atoms with Crippen molar-refractivity contribution in [2.24, 2.45) is 0 Å². The summed E-state index contributed by atoms with van der Waals surface area (Å²) in [4.78, 5) is 21.2. The Balaban J connectivity index is 1.64. The Bertz CT molecular complexity index is 880. The van der Waals surface area contributed by atoms with Crippen LogP contribution < -0.4 is 15.2 Å². The number of hydrogen-bond acceptors (Lipinski definition) is 5.